The SMILES string of the molecule is COc1cc2c(OCC3CCC(O)=N3)cccc2cc1C(N)=O. The second-order valence-electron chi connectivity index (χ2n) is 5.44. The molecule has 2 aromatic rings. The molecule has 2 aromatic carbocycles. The van der Waals surface area contributed by atoms with Gasteiger partial charge in [0.05, 0.1) is 18.7 Å². The van der Waals surface area contributed by atoms with Gasteiger partial charge in [-0.25, -0.2) is 4.99 Å². The van der Waals surface area contributed by atoms with E-state index in [9.17, 15) is 9.90 Å². The number of carbonyl (C=O) groups is 1. The third-order valence-electron chi connectivity index (χ3n) is 3.89. The van der Waals surface area contributed by atoms with Crippen molar-refractivity contribution in [1.82, 2.24) is 0 Å². The van der Waals surface area contributed by atoms with E-state index >= 15 is 0 Å². The van der Waals surface area contributed by atoms with Gasteiger partial charge in [0.25, 0.3) is 5.91 Å². The Bertz CT molecular complexity index is 786. The van der Waals surface area contributed by atoms with Gasteiger partial charge in [-0.05, 0) is 30.0 Å². The van der Waals surface area contributed by atoms with Gasteiger partial charge in [-0.1, -0.05) is 12.1 Å². The average Bonchev–Trinajstić information content (AvgIpc) is 2.96. The molecule has 0 aliphatic carbocycles. The molecule has 0 bridgehead atoms. The lowest BCUT2D eigenvalue weighted by Gasteiger charge is -2.14. The van der Waals surface area contributed by atoms with Crippen molar-refractivity contribution in [3.63, 3.8) is 0 Å². The van der Waals surface area contributed by atoms with Crippen molar-refractivity contribution in [2.24, 2.45) is 10.7 Å². The van der Waals surface area contributed by atoms with Crippen molar-refractivity contribution in [2.45, 2.75) is 18.9 Å². The van der Waals surface area contributed by atoms with Crippen LogP contribution in [0.25, 0.3) is 10.8 Å². The standard InChI is InChI=1S/C17H18N2O4/c1-22-15-8-12-10(7-13(15)17(18)21)3-2-4-14(12)23-9-11-5-6-16(20)19-11/h2-4,7-8,11H,5-6,9H2,1H3,(H2,18,21)(H,19,20). The van der Waals surface area contributed by atoms with E-state index in [0.29, 0.717) is 30.1 Å². The van der Waals surface area contributed by atoms with Crippen molar-refractivity contribution in [1.29, 1.82) is 0 Å². The first-order valence-corrected chi connectivity index (χ1v) is 7.37. The number of methoxy groups -OCH3 is 1. The Hall–Kier alpha value is -2.76. The normalized spacial score (nSPS) is 17.1. The number of nitrogens with two attached hydrogens (primary N) is 1. The molecule has 120 valence electrons. The summed E-state index contributed by atoms with van der Waals surface area (Å²) in [4.78, 5) is 15.6. The zero-order chi connectivity index (χ0) is 16.4. The fraction of sp³-hybridized carbons (Fsp3) is 0.294. The van der Waals surface area contributed by atoms with Crippen LogP contribution >= 0.6 is 0 Å². The number of amides is 1. The molecule has 0 aromatic heterocycles. The Morgan fingerprint density at radius 1 is 1.39 bits per heavy atom. The summed E-state index contributed by atoms with van der Waals surface area (Å²) in [5.41, 5.74) is 5.72. The number of fused-ring (bicyclic) bond motifs is 1. The minimum absolute atomic E-state index is 0.0305. The van der Waals surface area contributed by atoms with Gasteiger partial charge in [-0.15, -0.1) is 0 Å². The second kappa shape index (κ2) is 6.16. The van der Waals surface area contributed by atoms with Gasteiger partial charge in [0.1, 0.15) is 18.1 Å². The summed E-state index contributed by atoms with van der Waals surface area (Å²) >= 11 is 0. The molecule has 1 unspecified atom stereocenters. The molecule has 1 aliphatic rings. The summed E-state index contributed by atoms with van der Waals surface area (Å²) in [6.45, 7) is 0.392. The Morgan fingerprint density at radius 2 is 2.22 bits per heavy atom. The van der Waals surface area contributed by atoms with E-state index < -0.39 is 5.91 Å². The Morgan fingerprint density at radius 3 is 2.87 bits per heavy atom. The highest BCUT2D eigenvalue weighted by Gasteiger charge is 2.18. The van der Waals surface area contributed by atoms with Gasteiger partial charge in [0.2, 0.25) is 0 Å². The molecule has 6 heteroatoms. The molecular formula is C17H18N2O4. The lowest BCUT2D eigenvalue weighted by Crippen LogP contribution is -2.13. The first kappa shape index (κ1) is 15.1. The fourth-order valence-corrected chi connectivity index (χ4v) is 2.71. The van der Waals surface area contributed by atoms with Crippen LogP contribution in [0.1, 0.15) is 23.2 Å². The molecule has 3 rings (SSSR count). The summed E-state index contributed by atoms with van der Waals surface area (Å²) in [7, 11) is 1.49. The summed E-state index contributed by atoms with van der Waals surface area (Å²) in [6.07, 6.45) is 1.38. The number of primary amides is 1. The maximum absolute atomic E-state index is 11.5. The minimum Gasteiger partial charge on any atom is -0.497 e. The monoisotopic (exact) mass is 314 g/mol. The van der Waals surface area contributed by atoms with Crippen molar-refractivity contribution < 1.29 is 19.4 Å². The first-order valence-electron chi connectivity index (χ1n) is 7.37. The average molecular weight is 314 g/mol. The van der Waals surface area contributed by atoms with Crippen LogP contribution in [0.15, 0.2) is 35.3 Å². The molecule has 0 spiro atoms. The lowest BCUT2D eigenvalue weighted by atomic mass is 10.0. The maximum Gasteiger partial charge on any atom is 0.252 e. The number of ether oxygens (including phenoxy) is 2. The number of hydrogen-bond donors (Lipinski definition) is 2. The molecule has 1 atom stereocenters. The highest BCUT2D eigenvalue weighted by atomic mass is 16.5. The van der Waals surface area contributed by atoms with E-state index in [-0.39, 0.29) is 11.9 Å². The van der Waals surface area contributed by atoms with Gasteiger partial charge >= 0.3 is 0 Å². The first-order chi connectivity index (χ1) is 11.1. The van der Waals surface area contributed by atoms with E-state index in [2.05, 4.69) is 4.99 Å². The third-order valence-corrected chi connectivity index (χ3v) is 3.89. The fourth-order valence-electron chi connectivity index (χ4n) is 2.71. The van der Waals surface area contributed by atoms with Crippen LogP contribution in [0.4, 0.5) is 0 Å². The molecule has 1 heterocycles. The van der Waals surface area contributed by atoms with Crippen LogP contribution in [-0.2, 0) is 0 Å². The molecule has 1 amide bonds. The van der Waals surface area contributed by atoms with Crippen LogP contribution in [0.3, 0.4) is 0 Å². The van der Waals surface area contributed by atoms with Crippen molar-refractivity contribution in [2.75, 3.05) is 13.7 Å². The van der Waals surface area contributed by atoms with Crippen molar-refractivity contribution in [3.05, 3.63) is 35.9 Å². The van der Waals surface area contributed by atoms with Gasteiger partial charge in [0, 0.05) is 11.8 Å². The van der Waals surface area contributed by atoms with E-state index in [0.717, 1.165) is 17.2 Å². The number of nitrogens with zero attached hydrogens (tertiary/aromatic N) is 1. The van der Waals surface area contributed by atoms with Crippen LogP contribution in [-0.4, -0.2) is 36.7 Å². The molecule has 23 heavy (non-hydrogen) atoms. The van der Waals surface area contributed by atoms with E-state index in [1.807, 2.05) is 18.2 Å². The number of carbonyl (C=O) groups excluding carboxylic acids is 1. The maximum atomic E-state index is 11.5. The van der Waals surface area contributed by atoms with E-state index in [1.54, 1.807) is 12.1 Å². The zero-order valence-electron chi connectivity index (χ0n) is 12.8. The van der Waals surface area contributed by atoms with Crippen LogP contribution < -0.4 is 15.2 Å². The predicted molar refractivity (Wildman–Crippen MR) is 87.6 cm³/mol. The number of rotatable bonds is 5. The Balaban J connectivity index is 1.93. The molecule has 0 radical (unpaired) electrons. The smallest absolute Gasteiger partial charge is 0.252 e. The predicted octanol–water partition coefficient (Wildman–Crippen LogP) is 2.44. The van der Waals surface area contributed by atoms with E-state index in [4.69, 9.17) is 15.2 Å². The van der Waals surface area contributed by atoms with Crippen molar-refractivity contribution in [3.8, 4) is 11.5 Å². The molecule has 3 N–H and O–H groups in total. The van der Waals surface area contributed by atoms with Gasteiger partial charge < -0.3 is 20.3 Å². The number of aliphatic imine (C=N–C) groups is 1. The number of aliphatic hydroxyl groups is 1. The number of benzene rings is 2. The van der Waals surface area contributed by atoms with Gasteiger partial charge in [0.15, 0.2) is 5.90 Å². The van der Waals surface area contributed by atoms with Gasteiger partial charge in [-0.3, -0.25) is 4.79 Å². The van der Waals surface area contributed by atoms with Crippen LogP contribution in [0, 0.1) is 0 Å². The molecule has 0 saturated carbocycles. The number of hydrogen-bond acceptors (Lipinski definition) is 4. The van der Waals surface area contributed by atoms with Crippen LogP contribution in [0.5, 0.6) is 11.5 Å². The quantitative estimate of drug-likeness (QED) is 0.886. The second-order valence-corrected chi connectivity index (χ2v) is 5.44. The van der Waals surface area contributed by atoms with Gasteiger partial charge in [-0.2, -0.15) is 0 Å². The summed E-state index contributed by atoms with van der Waals surface area (Å²) in [6, 6.07) is 9.00. The Labute approximate surface area is 133 Å². The lowest BCUT2D eigenvalue weighted by molar-refractivity contribution is 0.0997. The largest absolute Gasteiger partial charge is 0.497 e. The molecule has 0 saturated heterocycles. The topological polar surface area (TPSA) is 94.1 Å². The highest BCUT2D eigenvalue weighted by Crippen LogP contribution is 2.32. The summed E-state index contributed by atoms with van der Waals surface area (Å²) < 4.78 is 11.1. The number of aliphatic hydroxyl groups excluding tert-OH is 1. The molecule has 1 aliphatic heterocycles. The molecule has 0 fully saturated rings. The zero-order valence-corrected chi connectivity index (χ0v) is 12.8. The summed E-state index contributed by atoms with van der Waals surface area (Å²) in [5.74, 6) is 0.742. The van der Waals surface area contributed by atoms with E-state index in [1.165, 1.54) is 7.11 Å². The Kier molecular flexibility index (Phi) is 4.06. The minimum atomic E-state index is -0.536. The van der Waals surface area contributed by atoms with Crippen LogP contribution in [0.2, 0.25) is 0 Å². The summed E-state index contributed by atoms with van der Waals surface area (Å²) in [5, 5.41) is 11.0. The molecule has 6 nitrogen and oxygen atoms in total. The molecular weight excluding hydrogens is 296 g/mol. The third kappa shape index (κ3) is 3.06. The highest BCUT2D eigenvalue weighted by molar-refractivity contribution is 6.02. The van der Waals surface area contributed by atoms with Crippen molar-refractivity contribution >= 4 is 22.6 Å².